The van der Waals surface area contributed by atoms with E-state index in [4.69, 9.17) is 9.47 Å². The summed E-state index contributed by atoms with van der Waals surface area (Å²) < 4.78 is 10.8. The van der Waals surface area contributed by atoms with E-state index in [2.05, 4.69) is 15.0 Å². The molecule has 0 aliphatic rings. The van der Waals surface area contributed by atoms with Crippen LogP contribution in [0.3, 0.4) is 0 Å². The molecule has 1 amide bonds. The first-order chi connectivity index (χ1) is 18.1. The van der Waals surface area contributed by atoms with E-state index in [1.165, 1.54) is 6.07 Å². The molecule has 1 N–H and O–H groups in total. The maximum absolute atomic E-state index is 12.3. The number of ether oxygens (including phenoxy) is 2. The summed E-state index contributed by atoms with van der Waals surface area (Å²) in [5.41, 5.74) is 0.715. The van der Waals surface area contributed by atoms with Gasteiger partial charge >= 0.3 is 11.9 Å². The molecule has 212 valence electrons. The van der Waals surface area contributed by atoms with Gasteiger partial charge in [-0.2, -0.15) is 0 Å². The van der Waals surface area contributed by atoms with Crippen LogP contribution in [0.2, 0.25) is 0 Å². The van der Waals surface area contributed by atoms with Gasteiger partial charge in [0.1, 0.15) is 0 Å². The number of nitrogens with zero attached hydrogens (tertiary/aromatic N) is 2. The Morgan fingerprint density at radius 1 is 0.842 bits per heavy atom. The lowest BCUT2D eigenvalue weighted by Crippen LogP contribution is -2.33. The quantitative estimate of drug-likeness (QED) is 0.0837. The van der Waals surface area contributed by atoms with Gasteiger partial charge in [0.15, 0.2) is 11.5 Å². The summed E-state index contributed by atoms with van der Waals surface area (Å²) in [5.74, 6) is -1.13. The predicted molar refractivity (Wildman–Crippen MR) is 132 cm³/mol. The van der Waals surface area contributed by atoms with Crippen molar-refractivity contribution in [2.24, 2.45) is 0 Å². The fourth-order valence-corrected chi connectivity index (χ4v) is 3.30. The lowest BCUT2D eigenvalue weighted by Gasteiger charge is -2.16. The number of nitrogens with one attached hydrogen (secondary N) is 1. The van der Waals surface area contributed by atoms with Gasteiger partial charge in [-0.1, -0.05) is 19.4 Å². The molecule has 1 unspecified atom stereocenters. The Kier molecular flexibility index (Phi) is 15.4. The highest BCUT2D eigenvalue weighted by Gasteiger charge is 2.16. The molecule has 0 bridgehead atoms. The molecule has 0 fully saturated rings. The van der Waals surface area contributed by atoms with Crippen LogP contribution in [-0.4, -0.2) is 47.3 Å². The van der Waals surface area contributed by atoms with Crippen molar-refractivity contribution in [3.05, 3.63) is 44.0 Å². The maximum atomic E-state index is 12.3. The summed E-state index contributed by atoms with van der Waals surface area (Å²) in [6, 6.07) is 4.51. The van der Waals surface area contributed by atoms with Crippen LogP contribution in [0.1, 0.15) is 77.2 Å². The predicted octanol–water partition coefficient (Wildman–Crippen LogP) is 3.49. The van der Waals surface area contributed by atoms with Crippen LogP contribution >= 0.6 is 0 Å². The number of hydrogen-bond acceptors (Lipinski definition) is 11. The van der Waals surface area contributed by atoms with E-state index in [1.54, 1.807) is 19.1 Å². The average Bonchev–Trinajstić information content (AvgIpc) is 2.83. The summed E-state index contributed by atoms with van der Waals surface area (Å²) in [6.07, 6.45) is 3.63. The van der Waals surface area contributed by atoms with E-state index in [-0.39, 0.29) is 62.3 Å². The van der Waals surface area contributed by atoms with Crippen molar-refractivity contribution >= 4 is 17.8 Å². The molecule has 14 heteroatoms. The van der Waals surface area contributed by atoms with Crippen LogP contribution in [0.5, 0.6) is 11.5 Å². The molecule has 1 atom stereocenters. The Morgan fingerprint density at radius 3 is 1.97 bits per heavy atom. The lowest BCUT2D eigenvalue weighted by atomic mass is 10.1. The number of benzene rings is 1. The van der Waals surface area contributed by atoms with E-state index < -0.39 is 22.1 Å². The molecule has 0 spiro atoms. The van der Waals surface area contributed by atoms with Crippen molar-refractivity contribution in [2.45, 2.75) is 84.1 Å². The Hall–Kier alpha value is -3.97. The lowest BCUT2D eigenvalue weighted by molar-refractivity contribution is -0.757. The third-order valence-corrected chi connectivity index (χ3v) is 5.11. The summed E-state index contributed by atoms with van der Waals surface area (Å²) in [6.45, 7) is 3.54. The SMILES string of the molecule is CCCCC(=O)Oc1ccc(CC(C)NC(=O)CCCCO[N+](=O)[O-])cc1OC(=O)CCCCO[N+](=O)[O-]. The van der Waals surface area contributed by atoms with Crippen molar-refractivity contribution in [3.63, 3.8) is 0 Å². The molecule has 38 heavy (non-hydrogen) atoms. The molecule has 0 aliphatic heterocycles. The van der Waals surface area contributed by atoms with Gasteiger partial charge < -0.3 is 24.5 Å². The number of carbonyl (C=O) groups excluding carboxylic acids is 3. The molecule has 14 nitrogen and oxygen atoms in total. The Labute approximate surface area is 220 Å². The molecule has 1 aromatic rings. The second kappa shape index (κ2) is 18.3. The highest BCUT2D eigenvalue weighted by molar-refractivity contribution is 5.77. The standard InChI is InChI=1S/C24H35N3O11/c1-3-4-10-23(29)37-20-13-12-19(16-18(2)25-22(28)9-5-7-14-35-26(31)32)17-21(20)38-24(30)11-6-8-15-36-27(33)34/h12-13,17-18H,3-11,14-16H2,1-2H3,(H,25,28). The van der Waals surface area contributed by atoms with E-state index in [0.717, 1.165) is 6.42 Å². The first-order valence-electron chi connectivity index (χ1n) is 12.5. The van der Waals surface area contributed by atoms with Crippen LogP contribution in [0.4, 0.5) is 0 Å². The number of esters is 2. The highest BCUT2D eigenvalue weighted by atomic mass is 17.0. The maximum Gasteiger partial charge on any atom is 0.311 e. The second-order valence-corrected chi connectivity index (χ2v) is 8.53. The zero-order valence-electron chi connectivity index (χ0n) is 21.7. The molecule has 0 aromatic heterocycles. The largest absolute Gasteiger partial charge is 0.423 e. The number of rotatable bonds is 20. The summed E-state index contributed by atoms with van der Waals surface area (Å²) in [4.78, 5) is 65.4. The Bertz CT molecular complexity index is 939. The van der Waals surface area contributed by atoms with Crippen LogP contribution in [0, 0.1) is 20.2 Å². The first-order valence-corrected chi connectivity index (χ1v) is 12.5. The minimum Gasteiger partial charge on any atom is -0.423 e. The molecular weight excluding hydrogens is 506 g/mol. The van der Waals surface area contributed by atoms with Crippen molar-refractivity contribution in [1.82, 2.24) is 5.32 Å². The molecule has 0 saturated carbocycles. The van der Waals surface area contributed by atoms with Crippen molar-refractivity contribution in [1.29, 1.82) is 0 Å². The first kappa shape index (κ1) is 32.1. The number of hydrogen-bond donors (Lipinski definition) is 1. The zero-order valence-corrected chi connectivity index (χ0v) is 21.7. The third kappa shape index (κ3) is 15.2. The smallest absolute Gasteiger partial charge is 0.311 e. The third-order valence-electron chi connectivity index (χ3n) is 5.11. The van der Waals surface area contributed by atoms with Gasteiger partial charge in [0.25, 0.3) is 10.2 Å². The minimum atomic E-state index is -0.902. The van der Waals surface area contributed by atoms with Crippen molar-refractivity contribution in [2.75, 3.05) is 13.2 Å². The zero-order chi connectivity index (χ0) is 28.3. The summed E-state index contributed by atoms with van der Waals surface area (Å²) >= 11 is 0. The van der Waals surface area contributed by atoms with Crippen molar-refractivity contribution < 1.29 is 43.7 Å². The van der Waals surface area contributed by atoms with Gasteiger partial charge in [0, 0.05) is 25.3 Å². The molecule has 0 heterocycles. The fraction of sp³-hybridized carbons (Fsp3) is 0.625. The molecule has 0 saturated heterocycles. The van der Waals surface area contributed by atoms with Crippen LogP contribution in [0.25, 0.3) is 0 Å². The molecule has 1 rings (SSSR count). The van der Waals surface area contributed by atoms with E-state index in [0.29, 0.717) is 37.7 Å². The van der Waals surface area contributed by atoms with Crippen LogP contribution < -0.4 is 14.8 Å². The number of amides is 1. The van der Waals surface area contributed by atoms with Gasteiger partial charge in [-0.25, -0.2) is 0 Å². The minimum absolute atomic E-state index is 0.0202. The van der Waals surface area contributed by atoms with E-state index in [1.807, 2.05) is 6.92 Å². The van der Waals surface area contributed by atoms with E-state index >= 15 is 0 Å². The van der Waals surface area contributed by atoms with Gasteiger partial charge in [0.05, 0.1) is 13.2 Å². The Balaban J connectivity index is 2.73. The van der Waals surface area contributed by atoms with E-state index in [9.17, 15) is 34.6 Å². The van der Waals surface area contributed by atoms with Crippen LogP contribution in [0.15, 0.2) is 18.2 Å². The average molecular weight is 542 g/mol. The molecule has 1 aromatic carbocycles. The van der Waals surface area contributed by atoms with Gasteiger partial charge in [-0.3, -0.25) is 14.4 Å². The highest BCUT2D eigenvalue weighted by Crippen LogP contribution is 2.30. The van der Waals surface area contributed by atoms with Gasteiger partial charge in [0.2, 0.25) is 5.91 Å². The summed E-state index contributed by atoms with van der Waals surface area (Å²) in [7, 11) is 0. The van der Waals surface area contributed by atoms with Gasteiger partial charge in [-0.15, -0.1) is 20.2 Å². The Morgan fingerprint density at radius 2 is 1.39 bits per heavy atom. The van der Waals surface area contributed by atoms with Crippen LogP contribution in [-0.2, 0) is 30.5 Å². The fourth-order valence-electron chi connectivity index (χ4n) is 3.30. The summed E-state index contributed by atoms with van der Waals surface area (Å²) in [5, 5.41) is 21.4. The number of carbonyl (C=O) groups is 3. The topological polar surface area (TPSA) is 186 Å². The second-order valence-electron chi connectivity index (χ2n) is 8.53. The monoisotopic (exact) mass is 541 g/mol. The molecular formula is C24H35N3O11. The normalized spacial score (nSPS) is 11.2. The molecule has 0 radical (unpaired) electrons. The number of unbranched alkanes of at least 4 members (excludes halogenated alkanes) is 3. The van der Waals surface area contributed by atoms with Gasteiger partial charge in [-0.05, 0) is 63.1 Å². The molecule has 0 aliphatic carbocycles. The van der Waals surface area contributed by atoms with Crippen molar-refractivity contribution in [3.8, 4) is 11.5 Å².